The zero-order valence-electron chi connectivity index (χ0n) is 9.72. The summed E-state index contributed by atoms with van der Waals surface area (Å²) in [6.45, 7) is 11.5. The fourth-order valence-corrected chi connectivity index (χ4v) is 1.68. The van der Waals surface area contributed by atoms with E-state index in [0.29, 0.717) is 6.61 Å². The van der Waals surface area contributed by atoms with Crippen molar-refractivity contribution in [2.45, 2.75) is 38.9 Å². The van der Waals surface area contributed by atoms with Crippen LogP contribution in [0.1, 0.15) is 20.8 Å². The SMILES string of the molecule is CC(C)(C)[Si](C)(C)OCCOC(N)=O. The average Bonchev–Trinajstić information content (AvgIpc) is 1.95. The summed E-state index contributed by atoms with van der Waals surface area (Å²) in [5.41, 5.74) is 4.82. The lowest BCUT2D eigenvalue weighted by molar-refractivity contribution is 0.129. The van der Waals surface area contributed by atoms with Gasteiger partial charge in [-0.15, -0.1) is 0 Å². The zero-order chi connectivity index (χ0) is 11.4. The van der Waals surface area contributed by atoms with E-state index in [1.54, 1.807) is 0 Å². The molecular weight excluding hydrogens is 198 g/mol. The van der Waals surface area contributed by atoms with E-state index in [1.165, 1.54) is 0 Å². The first-order valence-corrected chi connectivity index (χ1v) is 7.64. The second-order valence-electron chi connectivity index (χ2n) is 4.78. The van der Waals surface area contributed by atoms with Crippen molar-refractivity contribution in [3.8, 4) is 0 Å². The molecule has 0 unspecified atom stereocenters. The number of carbonyl (C=O) groups excluding carboxylic acids is 1. The van der Waals surface area contributed by atoms with Crippen molar-refractivity contribution in [1.29, 1.82) is 0 Å². The molecule has 4 nitrogen and oxygen atoms in total. The molecule has 0 aliphatic carbocycles. The highest BCUT2D eigenvalue weighted by molar-refractivity contribution is 6.74. The lowest BCUT2D eigenvalue weighted by Gasteiger charge is -2.35. The number of carbonyl (C=O) groups is 1. The van der Waals surface area contributed by atoms with Crippen LogP contribution in [0.5, 0.6) is 0 Å². The first-order valence-electron chi connectivity index (χ1n) is 4.73. The van der Waals surface area contributed by atoms with Crippen LogP contribution >= 0.6 is 0 Å². The average molecular weight is 219 g/mol. The molecule has 0 saturated carbocycles. The molecule has 5 heteroatoms. The van der Waals surface area contributed by atoms with Gasteiger partial charge in [0.2, 0.25) is 0 Å². The maximum atomic E-state index is 10.3. The van der Waals surface area contributed by atoms with Gasteiger partial charge in [0.15, 0.2) is 8.32 Å². The van der Waals surface area contributed by atoms with E-state index in [4.69, 9.17) is 10.2 Å². The highest BCUT2D eigenvalue weighted by Gasteiger charge is 2.36. The van der Waals surface area contributed by atoms with Crippen molar-refractivity contribution in [1.82, 2.24) is 0 Å². The minimum Gasteiger partial charge on any atom is -0.447 e. The molecule has 0 atom stereocenters. The summed E-state index contributed by atoms with van der Waals surface area (Å²) < 4.78 is 10.3. The van der Waals surface area contributed by atoms with Gasteiger partial charge in [0.05, 0.1) is 6.61 Å². The highest BCUT2D eigenvalue weighted by Crippen LogP contribution is 2.36. The molecule has 0 rings (SSSR count). The van der Waals surface area contributed by atoms with Crippen LogP contribution in [0.15, 0.2) is 0 Å². The molecule has 0 bridgehead atoms. The second kappa shape index (κ2) is 4.79. The first kappa shape index (κ1) is 13.4. The lowest BCUT2D eigenvalue weighted by atomic mass is 10.2. The third kappa shape index (κ3) is 4.62. The first-order chi connectivity index (χ1) is 6.17. The molecular formula is C9H21NO3Si. The molecule has 0 aromatic carbocycles. The summed E-state index contributed by atoms with van der Waals surface area (Å²) in [5, 5.41) is 0.180. The summed E-state index contributed by atoms with van der Waals surface area (Å²) in [7, 11) is -1.71. The molecule has 0 aromatic rings. The number of ether oxygens (including phenoxy) is 1. The largest absolute Gasteiger partial charge is 0.447 e. The van der Waals surface area contributed by atoms with E-state index in [2.05, 4.69) is 38.6 Å². The molecule has 0 radical (unpaired) electrons. The van der Waals surface area contributed by atoms with E-state index in [9.17, 15) is 4.79 Å². The summed E-state index contributed by atoms with van der Waals surface area (Å²) in [5.74, 6) is 0. The molecule has 0 heterocycles. The Balaban J connectivity index is 3.83. The molecule has 0 aliphatic rings. The van der Waals surface area contributed by atoms with Crippen LogP contribution in [0.4, 0.5) is 4.79 Å². The summed E-state index contributed by atoms with van der Waals surface area (Å²) >= 11 is 0. The summed E-state index contributed by atoms with van der Waals surface area (Å²) in [6.07, 6.45) is -0.746. The van der Waals surface area contributed by atoms with Crippen LogP contribution < -0.4 is 5.73 Å². The Morgan fingerprint density at radius 1 is 1.29 bits per heavy atom. The van der Waals surface area contributed by atoms with E-state index in [0.717, 1.165) is 0 Å². The van der Waals surface area contributed by atoms with Crippen LogP contribution in [-0.2, 0) is 9.16 Å². The van der Waals surface area contributed by atoms with Gasteiger partial charge in [-0.25, -0.2) is 4.79 Å². The van der Waals surface area contributed by atoms with Crippen LogP contribution in [0, 0.1) is 0 Å². The maximum Gasteiger partial charge on any atom is 0.404 e. The van der Waals surface area contributed by atoms with E-state index >= 15 is 0 Å². The Labute approximate surface area is 86.9 Å². The van der Waals surface area contributed by atoms with Gasteiger partial charge in [0.1, 0.15) is 6.61 Å². The fraction of sp³-hybridized carbons (Fsp3) is 0.889. The van der Waals surface area contributed by atoms with Gasteiger partial charge in [0.25, 0.3) is 0 Å². The third-order valence-electron chi connectivity index (χ3n) is 2.60. The lowest BCUT2D eigenvalue weighted by Crippen LogP contribution is -2.41. The van der Waals surface area contributed by atoms with Crippen LogP contribution in [0.25, 0.3) is 0 Å². The topological polar surface area (TPSA) is 61.6 Å². The van der Waals surface area contributed by atoms with Gasteiger partial charge in [-0.2, -0.15) is 0 Å². The molecule has 0 saturated heterocycles. The van der Waals surface area contributed by atoms with Crippen molar-refractivity contribution >= 4 is 14.4 Å². The van der Waals surface area contributed by atoms with Crippen LogP contribution in [-0.4, -0.2) is 27.6 Å². The molecule has 0 fully saturated rings. The number of rotatable bonds is 4. The quantitative estimate of drug-likeness (QED) is 0.582. The monoisotopic (exact) mass is 219 g/mol. The van der Waals surface area contributed by atoms with Crippen LogP contribution in [0.2, 0.25) is 18.1 Å². The molecule has 84 valence electrons. The van der Waals surface area contributed by atoms with Crippen molar-refractivity contribution in [2.24, 2.45) is 5.73 Å². The predicted octanol–water partition coefficient (Wildman–Crippen LogP) is 2.10. The Hall–Kier alpha value is -0.553. The van der Waals surface area contributed by atoms with Gasteiger partial charge < -0.3 is 14.9 Å². The Morgan fingerprint density at radius 3 is 2.14 bits per heavy atom. The van der Waals surface area contributed by atoms with Gasteiger partial charge in [-0.3, -0.25) is 0 Å². The second-order valence-corrected chi connectivity index (χ2v) is 9.59. The minimum atomic E-state index is -1.71. The van der Waals surface area contributed by atoms with Crippen molar-refractivity contribution in [3.05, 3.63) is 0 Å². The standard InChI is InChI=1S/C9H21NO3Si/c1-9(2,3)14(4,5)13-7-6-12-8(10)11/h6-7H2,1-5H3,(H2,10,11). The summed E-state index contributed by atoms with van der Waals surface area (Å²) in [4.78, 5) is 10.3. The van der Waals surface area contributed by atoms with E-state index < -0.39 is 14.4 Å². The molecule has 0 spiro atoms. The molecule has 14 heavy (non-hydrogen) atoms. The molecule has 0 aliphatic heterocycles. The van der Waals surface area contributed by atoms with Crippen molar-refractivity contribution in [3.63, 3.8) is 0 Å². The van der Waals surface area contributed by atoms with Gasteiger partial charge >= 0.3 is 6.09 Å². The number of primary amides is 1. The van der Waals surface area contributed by atoms with E-state index in [1.807, 2.05) is 0 Å². The zero-order valence-corrected chi connectivity index (χ0v) is 10.7. The van der Waals surface area contributed by atoms with Gasteiger partial charge in [-0.1, -0.05) is 20.8 Å². The predicted molar refractivity (Wildman–Crippen MR) is 58.7 cm³/mol. The highest BCUT2D eigenvalue weighted by atomic mass is 28.4. The van der Waals surface area contributed by atoms with Gasteiger partial charge in [0, 0.05) is 0 Å². The molecule has 0 aromatic heterocycles. The Morgan fingerprint density at radius 2 is 1.79 bits per heavy atom. The van der Waals surface area contributed by atoms with Crippen molar-refractivity contribution < 1.29 is 14.0 Å². The molecule has 2 N–H and O–H groups in total. The smallest absolute Gasteiger partial charge is 0.404 e. The number of hydrogen-bond acceptors (Lipinski definition) is 3. The number of amides is 1. The summed E-state index contributed by atoms with van der Waals surface area (Å²) in [6, 6.07) is 0. The maximum absolute atomic E-state index is 10.3. The van der Waals surface area contributed by atoms with Gasteiger partial charge in [-0.05, 0) is 18.1 Å². The normalized spacial score (nSPS) is 12.6. The third-order valence-corrected chi connectivity index (χ3v) is 7.13. The van der Waals surface area contributed by atoms with E-state index in [-0.39, 0.29) is 11.6 Å². The van der Waals surface area contributed by atoms with Crippen LogP contribution in [0.3, 0.4) is 0 Å². The Bertz CT molecular complexity index is 199. The minimum absolute atomic E-state index is 0.180. The van der Waals surface area contributed by atoms with Crippen molar-refractivity contribution in [2.75, 3.05) is 13.2 Å². The number of hydrogen-bond donors (Lipinski definition) is 1. The fourth-order valence-electron chi connectivity index (χ4n) is 0.656. The molecule has 1 amide bonds. The number of nitrogens with two attached hydrogens (primary N) is 1. The Kier molecular flexibility index (Phi) is 4.60.